The number of rotatable bonds is 3. The van der Waals surface area contributed by atoms with Crippen molar-refractivity contribution in [1.29, 1.82) is 0 Å². The maximum Gasteiger partial charge on any atom is 0.219 e. The average molecular weight is 461 g/mol. The van der Waals surface area contributed by atoms with Gasteiger partial charge in [-0.3, -0.25) is 14.2 Å². The molecule has 8 heteroatoms. The number of hydrogen-bond acceptors (Lipinski definition) is 5. The second-order valence-corrected chi connectivity index (χ2v) is 9.76. The van der Waals surface area contributed by atoms with Crippen LogP contribution in [-0.4, -0.2) is 56.7 Å². The number of hydrogen-bond donors (Lipinski definition) is 0. The maximum absolute atomic E-state index is 12.2. The number of carbonyl (C=O) groups is 1. The lowest BCUT2D eigenvalue weighted by molar-refractivity contribution is -0.129. The normalized spacial score (nSPS) is 20.2. The standard InChI is InChI=1S/C26H32N6O2/c1-18(33)30-11-8-25-23(16-30)26(28-32(25)22-9-12-34-17-22)31-10-4-3-5-20-13-19(6-7-24(20)31)21-14-27-29(2)15-21/h6-7,13-15,22H,3-5,8-12,16-17H2,1-2H3/t22-/m0/s1. The third-order valence-corrected chi connectivity index (χ3v) is 7.50. The number of anilines is 2. The first-order chi connectivity index (χ1) is 16.6. The number of carbonyl (C=O) groups excluding carboxylic acids is 1. The lowest BCUT2D eigenvalue weighted by Gasteiger charge is -2.29. The van der Waals surface area contributed by atoms with E-state index in [0.717, 1.165) is 69.8 Å². The Balaban J connectivity index is 1.44. The van der Waals surface area contributed by atoms with Gasteiger partial charge in [0.15, 0.2) is 5.82 Å². The summed E-state index contributed by atoms with van der Waals surface area (Å²) in [5, 5.41) is 9.57. The molecule has 0 aliphatic carbocycles. The molecule has 1 atom stereocenters. The zero-order valence-corrected chi connectivity index (χ0v) is 20.0. The lowest BCUT2D eigenvalue weighted by atomic mass is 10.0. The lowest BCUT2D eigenvalue weighted by Crippen LogP contribution is -2.35. The van der Waals surface area contributed by atoms with Crippen LogP contribution in [0, 0.1) is 0 Å². The smallest absolute Gasteiger partial charge is 0.219 e. The highest BCUT2D eigenvalue weighted by Crippen LogP contribution is 2.40. The first-order valence-electron chi connectivity index (χ1n) is 12.4. The van der Waals surface area contributed by atoms with E-state index in [4.69, 9.17) is 9.84 Å². The Morgan fingerprint density at radius 2 is 2.06 bits per heavy atom. The molecule has 0 spiro atoms. The Hall–Kier alpha value is -3.13. The van der Waals surface area contributed by atoms with Gasteiger partial charge in [-0.1, -0.05) is 6.07 Å². The minimum Gasteiger partial charge on any atom is -0.379 e. The molecule has 3 aromatic rings. The van der Waals surface area contributed by atoms with Gasteiger partial charge in [0.1, 0.15) is 0 Å². The van der Waals surface area contributed by atoms with Gasteiger partial charge in [-0.05, 0) is 48.9 Å². The highest BCUT2D eigenvalue weighted by molar-refractivity contribution is 5.76. The Kier molecular flexibility index (Phi) is 5.40. The number of amides is 1. The fourth-order valence-corrected chi connectivity index (χ4v) is 5.66. The summed E-state index contributed by atoms with van der Waals surface area (Å²) in [4.78, 5) is 16.6. The van der Waals surface area contributed by atoms with Crippen LogP contribution in [0.1, 0.15) is 49.0 Å². The summed E-state index contributed by atoms with van der Waals surface area (Å²) in [6, 6.07) is 7.05. The van der Waals surface area contributed by atoms with E-state index >= 15 is 0 Å². The van der Waals surface area contributed by atoms with Crippen LogP contribution in [0.15, 0.2) is 30.6 Å². The molecule has 1 saturated heterocycles. The van der Waals surface area contributed by atoms with E-state index in [9.17, 15) is 4.79 Å². The molecular formula is C26H32N6O2. The van der Waals surface area contributed by atoms with Crippen molar-refractivity contribution in [3.8, 4) is 11.1 Å². The van der Waals surface area contributed by atoms with Crippen molar-refractivity contribution in [2.24, 2.45) is 7.05 Å². The topological polar surface area (TPSA) is 68.4 Å². The summed E-state index contributed by atoms with van der Waals surface area (Å²) in [7, 11) is 1.95. The number of benzene rings is 1. The van der Waals surface area contributed by atoms with Crippen molar-refractivity contribution in [1.82, 2.24) is 24.5 Å². The quantitative estimate of drug-likeness (QED) is 0.597. The molecule has 0 radical (unpaired) electrons. The molecule has 2 aromatic heterocycles. The average Bonchev–Trinajstić information content (AvgIpc) is 3.56. The molecule has 34 heavy (non-hydrogen) atoms. The van der Waals surface area contributed by atoms with Crippen molar-refractivity contribution in [2.45, 2.75) is 51.6 Å². The van der Waals surface area contributed by atoms with Crippen LogP contribution in [0.25, 0.3) is 11.1 Å². The molecule has 5 heterocycles. The van der Waals surface area contributed by atoms with Gasteiger partial charge in [0.05, 0.1) is 25.4 Å². The summed E-state index contributed by atoms with van der Waals surface area (Å²) < 4.78 is 9.78. The van der Waals surface area contributed by atoms with Gasteiger partial charge in [0.25, 0.3) is 0 Å². The van der Waals surface area contributed by atoms with Crippen molar-refractivity contribution < 1.29 is 9.53 Å². The number of ether oxygens (including phenoxy) is 1. The van der Waals surface area contributed by atoms with E-state index in [0.29, 0.717) is 6.54 Å². The number of fused-ring (bicyclic) bond motifs is 2. The van der Waals surface area contributed by atoms with Crippen LogP contribution < -0.4 is 4.90 Å². The van der Waals surface area contributed by atoms with E-state index in [1.165, 1.54) is 28.1 Å². The van der Waals surface area contributed by atoms with Crippen LogP contribution in [0.3, 0.4) is 0 Å². The van der Waals surface area contributed by atoms with Gasteiger partial charge in [-0.15, -0.1) is 0 Å². The van der Waals surface area contributed by atoms with Gasteiger partial charge in [-0.25, -0.2) is 0 Å². The fourth-order valence-electron chi connectivity index (χ4n) is 5.66. The van der Waals surface area contributed by atoms with E-state index < -0.39 is 0 Å². The SMILES string of the molecule is CC(=O)N1CCc2c(c(N3CCCCc4cc(-c5cnn(C)c5)ccc43)nn2[C@H]2CCOC2)C1. The largest absolute Gasteiger partial charge is 0.379 e. The van der Waals surface area contributed by atoms with E-state index in [1.807, 2.05) is 22.8 Å². The monoisotopic (exact) mass is 460 g/mol. The molecule has 0 unspecified atom stereocenters. The Morgan fingerprint density at radius 3 is 2.82 bits per heavy atom. The van der Waals surface area contributed by atoms with Gasteiger partial charge in [0.2, 0.25) is 5.91 Å². The molecule has 0 bridgehead atoms. The molecule has 1 aromatic carbocycles. The Bertz CT molecular complexity index is 1220. The van der Waals surface area contributed by atoms with Gasteiger partial charge in [-0.2, -0.15) is 10.2 Å². The zero-order chi connectivity index (χ0) is 23.2. The molecule has 0 saturated carbocycles. The Labute approximate surface area is 200 Å². The molecule has 1 fully saturated rings. The van der Waals surface area contributed by atoms with Crippen LogP contribution >= 0.6 is 0 Å². The first-order valence-corrected chi connectivity index (χ1v) is 12.4. The molecule has 1 amide bonds. The second kappa shape index (κ2) is 8.58. The second-order valence-electron chi connectivity index (χ2n) is 9.76. The molecular weight excluding hydrogens is 428 g/mol. The van der Waals surface area contributed by atoms with Crippen LogP contribution in [-0.2, 0) is 36.0 Å². The van der Waals surface area contributed by atoms with Gasteiger partial charge in [0, 0.05) is 68.8 Å². The summed E-state index contributed by atoms with van der Waals surface area (Å²) in [6.45, 7) is 5.50. The van der Waals surface area contributed by atoms with Gasteiger partial charge >= 0.3 is 0 Å². The van der Waals surface area contributed by atoms with E-state index in [1.54, 1.807) is 6.92 Å². The molecule has 8 nitrogen and oxygen atoms in total. The first kappa shape index (κ1) is 21.4. The van der Waals surface area contributed by atoms with E-state index in [2.05, 4.69) is 39.1 Å². The third kappa shape index (κ3) is 3.70. The van der Waals surface area contributed by atoms with E-state index in [-0.39, 0.29) is 11.9 Å². The van der Waals surface area contributed by atoms with Crippen LogP contribution in [0.5, 0.6) is 0 Å². The number of aromatic nitrogens is 4. The van der Waals surface area contributed by atoms with Crippen molar-refractivity contribution in [3.63, 3.8) is 0 Å². The molecule has 3 aliphatic rings. The van der Waals surface area contributed by atoms with Crippen molar-refractivity contribution >= 4 is 17.4 Å². The van der Waals surface area contributed by atoms with Gasteiger partial charge < -0.3 is 14.5 Å². The predicted octanol–water partition coefficient (Wildman–Crippen LogP) is 3.62. The minimum absolute atomic E-state index is 0.130. The highest BCUT2D eigenvalue weighted by Gasteiger charge is 2.33. The third-order valence-electron chi connectivity index (χ3n) is 7.50. The number of aryl methyl sites for hydroxylation is 2. The Morgan fingerprint density at radius 1 is 1.15 bits per heavy atom. The van der Waals surface area contributed by atoms with Crippen LogP contribution in [0.4, 0.5) is 11.5 Å². The summed E-state index contributed by atoms with van der Waals surface area (Å²) in [5.74, 6) is 1.15. The maximum atomic E-state index is 12.2. The predicted molar refractivity (Wildman–Crippen MR) is 130 cm³/mol. The molecule has 0 N–H and O–H groups in total. The van der Waals surface area contributed by atoms with Crippen molar-refractivity contribution in [2.75, 3.05) is 31.2 Å². The van der Waals surface area contributed by atoms with Crippen LogP contribution in [0.2, 0.25) is 0 Å². The molecule has 3 aliphatic heterocycles. The highest BCUT2D eigenvalue weighted by atomic mass is 16.5. The van der Waals surface area contributed by atoms with Crippen molar-refractivity contribution in [3.05, 3.63) is 47.4 Å². The fraction of sp³-hybridized carbons (Fsp3) is 0.500. The summed E-state index contributed by atoms with van der Waals surface area (Å²) >= 11 is 0. The zero-order valence-electron chi connectivity index (χ0n) is 20.0. The summed E-state index contributed by atoms with van der Waals surface area (Å²) in [6.07, 6.45) is 9.15. The molecule has 6 rings (SSSR count). The molecule has 178 valence electrons. The summed E-state index contributed by atoms with van der Waals surface area (Å²) in [5.41, 5.74) is 7.41. The minimum atomic E-state index is 0.130. The number of nitrogens with zero attached hydrogens (tertiary/aromatic N) is 6.